The number of fused-ring (bicyclic) bond motifs is 1. The zero-order valence-corrected chi connectivity index (χ0v) is 22.7. The first-order chi connectivity index (χ1) is 17.1. The molecule has 3 heterocycles. The van der Waals surface area contributed by atoms with E-state index in [0.717, 1.165) is 38.3 Å². The van der Waals surface area contributed by atoms with Crippen LogP contribution >= 0.6 is 0 Å². The van der Waals surface area contributed by atoms with Crippen molar-refractivity contribution in [2.45, 2.75) is 51.5 Å². The number of aromatic nitrogens is 2. The highest BCUT2D eigenvalue weighted by molar-refractivity contribution is 7.92. The van der Waals surface area contributed by atoms with Gasteiger partial charge in [0, 0.05) is 25.3 Å². The molecule has 0 atom stereocenters. The molecule has 4 rings (SSSR count). The Morgan fingerprint density at radius 2 is 1.86 bits per heavy atom. The molecule has 1 saturated heterocycles. The van der Waals surface area contributed by atoms with Crippen LogP contribution in [0, 0.1) is 5.41 Å². The van der Waals surface area contributed by atoms with Gasteiger partial charge in [-0.15, -0.1) is 9.50 Å². The lowest BCUT2D eigenvalue weighted by Gasteiger charge is -2.23. The minimum atomic E-state index is -4.35. The minimum Gasteiger partial charge on any atom is -0.504 e. The quantitative estimate of drug-likeness (QED) is 0.395. The molecule has 4 N–H and O–H groups in total. The Kier molecular flexibility index (Phi) is 6.98. The molecule has 1 aromatic heterocycles. The van der Waals surface area contributed by atoms with Crippen LogP contribution in [0.25, 0.3) is 0 Å². The summed E-state index contributed by atoms with van der Waals surface area (Å²) in [6.07, 6.45) is 3.47. The van der Waals surface area contributed by atoms with Crippen LogP contribution in [0.15, 0.2) is 32.3 Å². The molecule has 0 unspecified atom stereocenters. The van der Waals surface area contributed by atoms with E-state index in [0.29, 0.717) is 6.42 Å². The summed E-state index contributed by atoms with van der Waals surface area (Å²) in [7, 11) is -7.99. The molecule has 0 aliphatic carbocycles. The molecule has 37 heavy (non-hydrogen) atoms. The molecule has 0 amide bonds. The minimum absolute atomic E-state index is 0.0193. The Labute approximate surface area is 215 Å². The third-order valence-corrected chi connectivity index (χ3v) is 7.76. The SMILES string of the molecule is CC(C)(C)CCn1nc(NN2CCCC2)c(O)c(C2=NS(=O)(=O)c3cc(NS(C)(=O)=O)ccc3N2)c1=O. The zero-order chi connectivity index (χ0) is 27.2. The van der Waals surface area contributed by atoms with Crippen LogP contribution in [0.4, 0.5) is 17.2 Å². The summed E-state index contributed by atoms with van der Waals surface area (Å²) in [5, 5.41) is 20.1. The zero-order valence-electron chi connectivity index (χ0n) is 21.1. The van der Waals surface area contributed by atoms with Crippen LogP contribution in [0.3, 0.4) is 0 Å². The van der Waals surface area contributed by atoms with E-state index in [2.05, 4.69) is 25.0 Å². The fourth-order valence-corrected chi connectivity index (χ4v) is 5.67. The van der Waals surface area contributed by atoms with E-state index < -0.39 is 31.4 Å². The molecule has 2 aliphatic rings. The van der Waals surface area contributed by atoms with E-state index in [1.807, 2.05) is 25.8 Å². The summed E-state index contributed by atoms with van der Waals surface area (Å²) in [5.41, 5.74) is 2.01. The number of aromatic hydroxyl groups is 1. The van der Waals surface area contributed by atoms with Crippen LogP contribution in [0.1, 0.15) is 45.6 Å². The number of nitrogens with zero attached hydrogens (tertiary/aromatic N) is 4. The van der Waals surface area contributed by atoms with Gasteiger partial charge in [-0.05, 0) is 42.9 Å². The van der Waals surface area contributed by atoms with Crippen molar-refractivity contribution in [3.63, 3.8) is 0 Å². The third-order valence-electron chi connectivity index (χ3n) is 5.84. The number of amidine groups is 1. The number of aryl methyl sites for hydroxylation is 1. The number of rotatable bonds is 7. The topological polar surface area (TPSA) is 175 Å². The van der Waals surface area contributed by atoms with Gasteiger partial charge in [0.1, 0.15) is 10.5 Å². The summed E-state index contributed by atoms with van der Waals surface area (Å²) < 4.78 is 56.4. The van der Waals surface area contributed by atoms with Crippen molar-refractivity contribution >= 4 is 43.1 Å². The first-order valence-electron chi connectivity index (χ1n) is 11.7. The van der Waals surface area contributed by atoms with Gasteiger partial charge in [-0.1, -0.05) is 20.8 Å². The number of anilines is 3. The highest BCUT2D eigenvalue weighted by Gasteiger charge is 2.31. The molecule has 0 saturated carbocycles. The Balaban J connectivity index is 1.80. The molecular formula is C22H31N7O6S2. The maximum atomic E-state index is 13.4. The number of hydrazine groups is 1. The number of hydrogen-bond acceptors (Lipinski definition) is 10. The second-order valence-electron chi connectivity index (χ2n) is 10.3. The van der Waals surface area contributed by atoms with Crippen LogP contribution in [-0.4, -0.2) is 61.9 Å². The molecule has 0 bridgehead atoms. The predicted octanol–water partition coefficient (Wildman–Crippen LogP) is 1.74. The molecule has 0 radical (unpaired) electrons. The van der Waals surface area contributed by atoms with E-state index in [-0.39, 0.29) is 45.4 Å². The van der Waals surface area contributed by atoms with E-state index in [1.54, 1.807) is 0 Å². The van der Waals surface area contributed by atoms with E-state index in [9.17, 15) is 26.7 Å². The summed E-state index contributed by atoms with van der Waals surface area (Å²) in [4.78, 5) is 13.2. The monoisotopic (exact) mass is 553 g/mol. The van der Waals surface area contributed by atoms with Crippen molar-refractivity contribution in [3.8, 4) is 5.75 Å². The molecule has 2 aliphatic heterocycles. The lowest BCUT2D eigenvalue weighted by Crippen LogP contribution is -2.36. The molecule has 1 fully saturated rings. The number of nitrogens with one attached hydrogen (secondary N) is 3. The van der Waals surface area contributed by atoms with E-state index in [1.165, 1.54) is 16.8 Å². The highest BCUT2D eigenvalue weighted by Crippen LogP contribution is 2.33. The molecular weight excluding hydrogens is 522 g/mol. The van der Waals surface area contributed by atoms with Crippen LogP contribution in [0.2, 0.25) is 0 Å². The summed E-state index contributed by atoms with van der Waals surface area (Å²) in [6, 6.07) is 3.86. The highest BCUT2D eigenvalue weighted by atomic mass is 32.2. The Morgan fingerprint density at radius 3 is 2.49 bits per heavy atom. The first-order valence-corrected chi connectivity index (χ1v) is 15.1. The van der Waals surface area contributed by atoms with Gasteiger partial charge >= 0.3 is 0 Å². The normalized spacial score (nSPS) is 17.6. The van der Waals surface area contributed by atoms with Crippen molar-refractivity contribution in [2.75, 3.05) is 34.8 Å². The smallest absolute Gasteiger partial charge is 0.286 e. The Bertz CT molecular complexity index is 1520. The third kappa shape index (κ3) is 6.22. The summed E-state index contributed by atoms with van der Waals surface area (Å²) >= 11 is 0. The van der Waals surface area contributed by atoms with Gasteiger partial charge in [0.25, 0.3) is 15.6 Å². The molecule has 13 nitrogen and oxygen atoms in total. The second-order valence-corrected chi connectivity index (χ2v) is 13.7. The number of sulfonamides is 2. The second kappa shape index (κ2) is 9.61. The maximum Gasteiger partial charge on any atom is 0.286 e. The van der Waals surface area contributed by atoms with Crippen molar-refractivity contribution in [2.24, 2.45) is 9.81 Å². The van der Waals surface area contributed by atoms with E-state index in [4.69, 9.17) is 0 Å². The largest absolute Gasteiger partial charge is 0.504 e. The fourth-order valence-electron chi connectivity index (χ4n) is 3.97. The molecule has 15 heteroatoms. The maximum absolute atomic E-state index is 13.4. The number of benzene rings is 1. The average molecular weight is 554 g/mol. The summed E-state index contributed by atoms with van der Waals surface area (Å²) in [5.74, 6) is -0.856. The van der Waals surface area contributed by atoms with Crippen molar-refractivity contribution in [3.05, 3.63) is 34.1 Å². The molecule has 202 valence electrons. The molecule has 1 aromatic carbocycles. The standard InChI is InChI=1S/C22H31N7O6S2/c1-22(2,3)9-12-29-21(31)17(18(30)20(25-29)24-28-10-5-6-11-28)19-23-15-8-7-14(26-36(4,32)33)13-16(15)37(34,35)27-19/h7-8,13,26,30H,5-6,9-12H2,1-4H3,(H,23,27)(H,24,25). The van der Waals surface area contributed by atoms with Gasteiger partial charge < -0.3 is 10.4 Å². The lowest BCUT2D eigenvalue weighted by atomic mass is 9.92. The van der Waals surface area contributed by atoms with Gasteiger partial charge in [-0.3, -0.25) is 14.9 Å². The van der Waals surface area contributed by atoms with Gasteiger partial charge in [0.05, 0.1) is 11.9 Å². The van der Waals surface area contributed by atoms with Gasteiger partial charge in [-0.25, -0.2) is 18.1 Å². The Hall–Kier alpha value is -3.17. The van der Waals surface area contributed by atoms with Crippen LogP contribution < -0.4 is 21.0 Å². The van der Waals surface area contributed by atoms with Crippen LogP contribution in [-0.2, 0) is 26.6 Å². The van der Waals surface area contributed by atoms with Crippen molar-refractivity contribution in [1.82, 2.24) is 14.8 Å². The predicted molar refractivity (Wildman–Crippen MR) is 141 cm³/mol. The molecule has 0 spiro atoms. The molecule has 2 aromatic rings. The Morgan fingerprint density at radius 1 is 1.19 bits per heavy atom. The number of hydrogen-bond donors (Lipinski definition) is 4. The summed E-state index contributed by atoms with van der Waals surface area (Å²) in [6.45, 7) is 7.75. The van der Waals surface area contributed by atoms with Gasteiger partial charge in [-0.2, -0.15) is 8.42 Å². The average Bonchev–Trinajstić information content (AvgIpc) is 3.26. The van der Waals surface area contributed by atoms with Crippen LogP contribution in [0.5, 0.6) is 5.75 Å². The van der Waals surface area contributed by atoms with Gasteiger partial charge in [0.2, 0.25) is 15.8 Å². The van der Waals surface area contributed by atoms with Gasteiger partial charge in [0.15, 0.2) is 11.6 Å². The van der Waals surface area contributed by atoms with E-state index >= 15 is 0 Å². The van der Waals surface area contributed by atoms with Crippen molar-refractivity contribution in [1.29, 1.82) is 0 Å². The van der Waals surface area contributed by atoms with Crippen molar-refractivity contribution < 1.29 is 21.9 Å². The fraction of sp³-hybridized carbons (Fsp3) is 0.500. The first kappa shape index (κ1) is 26.9. The lowest BCUT2D eigenvalue weighted by molar-refractivity contribution is 0.333.